The fourth-order valence-electron chi connectivity index (χ4n) is 2.09. The molecule has 0 aliphatic carbocycles. The zero-order chi connectivity index (χ0) is 14.9. The summed E-state index contributed by atoms with van der Waals surface area (Å²) in [5, 5.41) is 6.28. The maximum atomic E-state index is 11.4. The monoisotopic (exact) mass is 272 g/mol. The van der Waals surface area contributed by atoms with Crippen LogP contribution in [0.3, 0.4) is 0 Å². The van der Waals surface area contributed by atoms with Crippen LogP contribution in [-0.2, 0) is 4.74 Å². The van der Waals surface area contributed by atoms with Gasteiger partial charge in [0.05, 0.1) is 0 Å². The van der Waals surface area contributed by atoms with Gasteiger partial charge in [0.2, 0.25) is 0 Å². The molecule has 0 aromatic rings. The highest BCUT2D eigenvalue weighted by Gasteiger charge is 2.15. The first-order valence-electron chi connectivity index (χ1n) is 7.50. The maximum absolute atomic E-state index is 11.4. The minimum absolute atomic E-state index is 0.333. The molecule has 4 heteroatoms. The summed E-state index contributed by atoms with van der Waals surface area (Å²) in [5.74, 6) is 0.735. The Hall–Kier alpha value is -0.770. The third-order valence-corrected chi connectivity index (χ3v) is 3.24. The summed E-state index contributed by atoms with van der Waals surface area (Å²) in [6.07, 6.45) is 3.01. The Balaban J connectivity index is 3.62. The standard InChI is InChI=1S/C15H32N2O2/c1-7-13(8-2)12(3)16-10-9-11-17-14(18)19-15(4,5)6/h12-13,16H,7-11H2,1-6H3,(H,17,18). The Morgan fingerprint density at radius 3 is 2.21 bits per heavy atom. The van der Waals surface area contributed by atoms with E-state index in [1.54, 1.807) is 0 Å². The predicted molar refractivity (Wildman–Crippen MR) is 80.4 cm³/mol. The molecule has 1 amide bonds. The van der Waals surface area contributed by atoms with Crippen molar-refractivity contribution in [2.24, 2.45) is 5.92 Å². The minimum Gasteiger partial charge on any atom is -0.444 e. The number of rotatable bonds is 8. The largest absolute Gasteiger partial charge is 0.444 e. The van der Waals surface area contributed by atoms with Crippen LogP contribution >= 0.6 is 0 Å². The molecule has 0 aromatic carbocycles. The summed E-state index contributed by atoms with van der Waals surface area (Å²) in [6, 6.07) is 0.538. The molecule has 0 heterocycles. The lowest BCUT2D eigenvalue weighted by atomic mass is 9.95. The number of alkyl carbamates (subject to hydrolysis) is 1. The van der Waals surface area contributed by atoms with Crippen molar-refractivity contribution in [3.8, 4) is 0 Å². The number of hydrogen-bond donors (Lipinski definition) is 2. The van der Waals surface area contributed by atoms with Crippen LogP contribution in [0.5, 0.6) is 0 Å². The highest BCUT2D eigenvalue weighted by atomic mass is 16.6. The number of carbonyl (C=O) groups excluding carboxylic acids is 1. The Kier molecular flexibility index (Phi) is 8.81. The van der Waals surface area contributed by atoms with Crippen LogP contribution in [0.25, 0.3) is 0 Å². The van der Waals surface area contributed by atoms with Gasteiger partial charge in [0.15, 0.2) is 0 Å². The first-order valence-corrected chi connectivity index (χ1v) is 7.50. The molecule has 114 valence electrons. The summed E-state index contributed by atoms with van der Waals surface area (Å²) < 4.78 is 5.17. The highest BCUT2D eigenvalue weighted by Crippen LogP contribution is 2.12. The lowest BCUT2D eigenvalue weighted by Gasteiger charge is -2.23. The van der Waals surface area contributed by atoms with Crippen LogP contribution in [0.15, 0.2) is 0 Å². The molecule has 0 aliphatic heterocycles. The van der Waals surface area contributed by atoms with Gasteiger partial charge in [-0.25, -0.2) is 4.79 Å². The van der Waals surface area contributed by atoms with Gasteiger partial charge >= 0.3 is 6.09 Å². The van der Waals surface area contributed by atoms with Crippen molar-refractivity contribution in [2.45, 2.75) is 72.4 Å². The van der Waals surface area contributed by atoms with Crippen molar-refractivity contribution < 1.29 is 9.53 Å². The fraction of sp³-hybridized carbons (Fsp3) is 0.933. The van der Waals surface area contributed by atoms with Crippen LogP contribution in [0.4, 0.5) is 4.79 Å². The Labute approximate surface area is 118 Å². The van der Waals surface area contributed by atoms with Gasteiger partial charge in [-0.3, -0.25) is 0 Å². The van der Waals surface area contributed by atoms with Gasteiger partial charge in [0.25, 0.3) is 0 Å². The molecule has 4 nitrogen and oxygen atoms in total. The molecule has 0 saturated heterocycles. The van der Waals surface area contributed by atoms with Gasteiger partial charge in [-0.2, -0.15) is 0 Å². The molecule has 0 radical (unpaired) electrons. The summed E-state index contributed by atoms with van der Waals surface area (Å²) in [4.78, 5) is 11.4. The summed E-state index contributed by atoms with van der Waals surface area (Å²) in [5.41, 5.74) is -0.424. The van der Waals surface area contributed by atoms with Crippen molar-refractivity contribution >= 4 is 6.09 Å². The molecule has 1 atom stereocenters. The van der Waals surface area contributed by atoms with Gasteiger partial charge < -0.3 is 15.4 Å². The highest BCUT2D eigenvalue weighted by molar-refractivity contribution is 5.67. The lowest BCUT2D eigenvalue weighted by Crippen LogP contribution is -2.36. The summed E-state index contributed by atoms with van der Waals surface area (Å²) in [7, 11) is 0. The molecular weight excluding hydrogens is 240 g/mol. The molecule has 0 spiro atoms. The molecule has 0 bridgehead atoms. The molecule has 0 saturated carbocycles. The Morgan fingerprint density at radius 2 is 1.74 bits per heavy atom. The predicted octanol–water partition coefficient (Wildman–Crippen LogP) is 3.32. The molecule has 0 fully saturated rings. The van der Waals surface area contributed by atoms with E-state index in [1.165, 1.54) is 12.8 Å². The summed E-state index contributed by atoms with van der Waals surface area (Å²) >= 11 is 0. The first kappa shape index (κ1) is 18.2. The Morgan fingerprint density at radius 1 is 1.16 bits per heavy atom. The van der Waals surface area contributed by atoms with E-state index < -0.39 is 5.60 Å². The molecule has 19 heavy (non-hydrogen) atoms. The van der Waals surface area contributed by atoms with E-state index in [1.807, 2.05) is 20.8 Å². The number of ether oxygens (including phenoxy) is 1. The van der Waals surface area contributed by atoms with Gasteiger partial charge in [-0.1, -0.05) is 26.7 Å². The number of carbonyl (C=O) groups is 1. The van der Waals surface area contributed by atoms with Crippen molar-refractivity contribution in [1.82, 2.24) is 10.6 Å². The van der Waals surface area contributed by atoms with E-state index in [0.717, 1.165) is 18.9 Å². The van der Waals surface area contributed by atoms with Crippen molar-refractivity contribution in [2.75, 3.05) is 13.1 Å². The normalized spacial score (nSPS) is 13.4. The van der Waals surface area contributed by atoms with E-state index in [4.69, 9.17) is 4.74 Å². The zero-order valence-electron chi connectivity index (χ0n) is 13.5. The van der Waals surface area contributed by atoms with E-state index >= 15 is 0 Å². The number of amides is 1. The molecule has 0 aliphatic rings. The SMILES string of the molecule is CCC(CC)C(C)NCCCNC(=O)OC(C)(C)C. The molecule has 0 rings (SSSR count). The van der Waals surface area contributed by atoms with Gasteiger partial charge in [0.1, 0.15) is 5.60 Å². The maximum Gasteiger partial charge on any atom is 0.407 e. The van der Waals surface area contributed by atoms with Crippen LogP contribution in [-0.4, -0.2) is 30.8 Å². The average Bonchev–Trinajstić information content (AvgIpc) is 2.27. The van der Waals surface area contributed by atoms with Crippen molar-refractivity contribution in [3.05, 3.63) is 0 Å². The van der Waals surface area contributed by atoms with Crippen molar-refractivity contribution in [1.29, 1.82) is 0 Å². The topological polar surface area (TPSA) is 50.4 Å². The third-order valence-electron chi connectivity index (χ3n) is 3.24. The van der Waals surface area contributed by atoms with Crippen LogP contribution in [0.1, 0.15) is 60.8 Å². The summed E-state index contributed by atoms with van der Waals surface area (Å²) in [6.45, 7) is 13.9. The second-order valence-electron chi connectivity index (χ2n) is 6.10. The number of nitrogens with one attached hydrogen (secondary N) is 2. The smallest absolute Gasteiger partial charge is 0.407 e. The van der Waals surface area contributed by atoms with Gasteiger partial charge in [-0.15, -0.1) is 0 Å². The van der Waals surface area contributed by atoms with E-state index in [-0.39, 0.29) is 6.09 Å². The average molecular weight is 272 g/mol. The van der Waals surface area contributed by atoms with E-state index in [0.29, 0.717) is 12.6 Å². The van der Waals surface area contributed by atoms with Gasteiger partial charge in [0, 0.05) is 12.6 Å². The molecular formula is C15H32N2O2. The molecule has 2 N–H and O–H groups in total. The van der Waals surface area contributed by atoms with E-state index in [2.05, 4.69) is 31.4 Å². The number of hydrogen-bond acceptors (Lipinski definition) is 3. The quantitative estimate of drug-likeness (QED) is 0.666. The first-order chi connectivity index (χ1) is 8.80. The Bertz CT molecular complexity index is 245. The second-order valence-corrected chi connectivity index (χ2v) is 6.10. The zero-order valence-corrected chi connectivity index (χ0v) is 13.5. The second kappa shape index (κ2) is 9.18. The lowest BCUT2D eigenvalue weighted by molar-refractivity contribution is 0.0527. The van der Waals surface area contributed by atoms with Crippen LogP contribution in [0, 0.1) is 5.92 Å². The van der Waals surface area contributed by atoms with Crippen LogP contribution in [0.2, 0.25) is 0 Å². The molecule has 0 aromatic heterocycles. The van der Waals surface area contributed by atoms with Gasteiger partial charge in [-0.05, 0) is 46.6 Å². The third kappa shape index (κ3) is 9.77. The van der Waals surface area contributed by atoms with Crippen LogP contribution < -0.4 is 10.6 Å². The van der Waals surface area contributed by atoms with Crippen molar-refractivity contribution in [3.63, 3.8) is 0 Å². The fourth-order valence-corrected chi connectivity index (χ4v) is 2.09. The van der Waals surface area contributed by atoms with E-state index in [9.17, 15) is 4.79 Å². The minimum atomic E-state index is -0.424. The molecule has 1 unspecified atom stereocenters.